The van der Waals surface area contributed by atoms with E-state index in [2.05, 4.69) is 23.1 Å². The number of carbonyl (C=O) groups excluding carboxylic acids is 1. The molecule has 1 aliphatic heterocycles. The lowest BCUT2D eigenvalue weighted by Crippen LogP contribution is -2.39. The second-order valence-electron chi connectivity index (χ2n) is 5.31. The van der Waals surface area contributed by atoms with Gasteiger partial charge in [0.2, 0.25) is 5.91 Å². The summed E-state index contributed by atoms with van der Waals surface area (Å²) in [4.78, 5) is 16.0. The van der Waals surface area contributed by atoms with Crippen LogP contribution in [0.25, 0.3) is 0 Å². The van der Waals surface area contributed by atoms with Crippen molar-refractivity contribution < 1.29 is 4.79 Å². The van der Waals surface area contributed by atoms with Gasteiger partial charge in [-0.25, -0.2) is 0 Å². The van der Waals surface area contributed by atoms with E-state index in [0.29, 0.717) is 6.54 Å². The number of anilines is 1. The van der Waals surface area contributed by atoms with Gasteiger partial charge in [0.1, 0.15) is 0 Å². The van der Waals surface area contributed by atoms with E-state index < -0.39 is 6.04 Å². The van der Waals surface area contributed by atoms with Crippen molar-refractivity contribution in [3.05, 3.63) is 29.8 Å². The van der Waals surface area contributed by atoms with Crippen molar-refractivity contribution in [3.63, 3.8) is 0 Å². The average molecular weight is 334 g/mol. The van der Waals surface area contributed by atoms with Crippen LogP contribution in [0, 0.1) is 0 Å². The molecule has 4 nitrogen and oxygen atoms in total. The summed E-state index contributed by atoms with van der Waals surface area (Å²) in [5, 5.41) is 0. The molecule has 0 aromatic heterocycles. The number of nitrogens with two attached hydrogens (primary N) is 1. The number of carbonyl (C=O) groups is 1. The van der Waals surface area contributed by atoms with Crippen LogP contribution in [-0.4, -0.2) is 37.0 Å². The number of para-hydroxylation sites is 1. The van der Waals surface area contributed by atoms with E-state index >= 15 is 0 Å². The van der Waals surface area contributed by atoms with Gasteiger partial charge in [-0.05, 0) is 31.4 Å². The fourth-order valence-electron chi connectivity index (χ4n) is 2.59. The molecule has 2 N–H and O–H groups in total. The topological polar surface area (TPSA) is 49.6 Å². The molecule has 1 amide bonds. The molecule has 1 aromatic carbocycles. The van der Waals surface area contributed by atoms with Crippen molar-refractivity contribution in [2.75, 3.05) is 25.0 Å². The molecule has 1 heterocycles. The van der Waals surface area contributed by atoms with Crippen molar-refractivity contribution >= 4 is 36.4 Å². The van der Waals surface area contributed by atoms with E-state index in [1.54, 1.807) is 11.8 Å². The van der Waals surface area contributed by atoms with Crippen molar-refractivity contribution in [2.45, 2.75) is 32.4 Å². The third-order valence-electron chi connectivity index (χ3n) is 3.61. The zero-order chi connectivity index (χ0) is 13.8. The molecule has 21 heavy (non-hydrogen) atoms. The Labute approximate surface area is 139 Å². The largest absolute Gasteiger partial charge is 0.371 e. The quantitative estimate of drug-likeness (QED) is 0.920. The lowest BCUT2D eigenvalue weighted by molar-refractivity contribution is -0.131. The SMILES string of the molecule is C[C@@H](N)C(=O)N(C)Cc1ccccc1N1CCCC1.Cl.Cl. The minimum atomic E-state index is -0.441. The third kappa shape index (κ3) is 5.06. The van der Waals surface area contributed by atoms with E-state index in [0.717, 1.165) is 13.1 Å². The molecule has 1 saturated heterocycles. The van der Waals surface area contributed by atoms with E-state index in [-0.39, 0.29) is 30.7 Å². The Hall–Kier alpha value is -0.970. The summed E-state index contributed by atoms with van der Waals surface area (Å²) in [5.74, 6) is -0.0174. The molecule has 0 spiro atoms. The fraction of sp³-hybridized carbons (Fsp3) is 0.533. The summed E-state index contributed by atoms with van der Waals surface area (Å²) < 4.78 is 0. The smallest absolute Gasteiger partial charge is 0.239 e. The number of hydrogen-bond acceptors (Lipinski definition) is 3. The molecular weight excluding hydrogens is 309 g/mol. The van der Waals surface area contributed by atoms with Crippen molar-refractivity contribution in [3.8, 4) is 0 Å². The van der Waals surface area contributed by atoms with Gasteiger partial charge in [0.25, 0.3) is 0 Å². The molecule has 0 unspecified atom stereocenters. The molecule has 120 valence electrons. The number of likely N-dealkylation sites (N-methyl/N-ethyl adjacent to an activating group) is 1. The number of nitrogens with zero attached hydrogens (tertiary/aromatic N) is 2. The molecular formula is C15H25Cl2N3O. The second kappa shape index (κ2) is 9.13. The lowest BCUT2D eigenvalue weighted by Gasteiger charge is -2.25. The summed E-state index contributed by atoms with van der Waals surface area (Å²) in [7, 11) is 1.81. The van der Waals surface area contributed by atoms with Gasteiger partial charge in [-0.3, -0.25) is 4.79 Å². The van der Waals surface area contributed by atoms with Crippen molar-refractivity contribution in [1.29, 1.82) is 0 Å². The Morgan fingerprint density at radius 2 is 1.86 bits per heavy atom. The fourth-order valence-corrected chi connectivity index (χ4v) is 2.59. The Morgan fingerprint density at radius 1 is 1.29 bits per heavy atom. The van der Waals surface area contributed by atoms with Crippen LogP contribution in [0.15, 0.2) is 24.3 Å². The highest BCUT2D eigenvalue weighted by Crippen LogP contribution is 2.25. The Balaban J connectivity index is 0.00000200. The average Bonchev–Trinajstić information content (AvgIpc) is 2.92. The highest BCUT2D eigenvalue weighted by molar-refractivity contribution is 5.85. The summed E-state index contributed by atoms with van der Waals surface area (Å²) >= 11 is 0. The molecule has 0 saturated carbocycles. The van der Waals surface area contributed by atoms with Crippen LogP contribution in [0.1, 0.15) is 25.3 Å². The third-order valence-corrected chi connectivity index (χ3v) is 3.61. The van der Waals surface area contributed by atoms with E-state index in [1.165, 1.54) is 24.1 Å². The van der Waals surface area contributed by atoms with Gasteiger partial charge in [0.05, 0.1) is 6.04 Å². The first-order valence-corrected chi connectivity index (χ1v) is 6.93. The molecule has 6 heteroatoms. The van der Waals surface area contributed by atoms with Gasteiger partial charge in [-0.15, -0.1) is 24.8 Å². The maximum atomic E-state index is 11.9. The van der Waals surface area contributed by atoms with Crippen LogP contribution < -0.4 is 10.6 Å². The summed E-state index contributed by atoms with van der Waals surface area (Å²) in [6.07, 6.45) is 2.51. The van der Waals surface area contributed by atoms with Gasteiger partial charge in [0.15, 0.2) is 0 Å². The second-order valence-corrected chi connectivity index (χ2v) is 5.31. The van der Waals surface area contributed by atoms with Crippen LogP contribution in [0.2, 0.25) is 0 Å². The van der Waals surface area contributed by atoms with Gasteiger partial charge < -0.3 is 15.5 Å². The van der Waals surface area contributed by atoms with Crippen molar-refractivity contribution in [1.82, 2.24) is 4.90 Å². The Bertz CT molecular complexity index is 448. The predicted octanol–water partition coefficient (Wildman–Crippen LogP) is 2.44. The van der Waals surface area contributed by atoms with Gasteiger partial charge >= 0.3 is 0 Å². The number of rotatable bonds is 4. The summed E-state index contributed by atoms with van der Waals surface area (Å²) in [6, 6.07) is 7.89. The minimum absolute atomic E-state index is 0. The van der Waals surface area contributed by atoms with E-state index in [9.17, 15) is 4.79 Å². The van der Waals surface area contributed by atoms with Crippen LogP contribution >= 0.6 is 24.8 Å². The molecule has 1 aromatic rings. The predicted molar refractivity (Wildman–Crippen MR) is 92.5 cm³/mol. The molecule has 1 aliphatic rings. The number of amides is 1. The van der Waals surface area contributed by atoms with Gasteiger partial charge in [0, 0.05) is 32.4 Å². The molecule has 0 aliphatic carbocycles. The van der Waals surface area contributed by atoms with Crippen LogP contribution in [0.3, 0.4) is 0 Å². The van der Waals surface area contributed by atoms with E-state index in [1.807, 2.05) is 13.1 Å². The number of halogens is 2. The molecule has 1 atom stereocenters. The first-order chi connectivity index (χ1) is 9.09. The molecule has 0 radical (unpaired) electrons. The van der Waals surface area contributed by atoms with E-state index in [4.69, 9.17) is 5.73 Å². The maximum Gasteiger partial charge on any atom is 0.239 e. The Morgan fingerprint density at radius 3 is 2.43 bits per heavy atom. The molecule has 1 fully saturated rings. The highest BCUT2D eigenvalue weighted by Gasteiger charge is 2.18. The number of hydrogen-bond donors (Lipinski definition) is 1. The van der Waals surface area contributed by atoms with Gasteiger partial charge in [-0.2, -0.15) is 0 Å². The van der Waals surface area contributed by atoms with Crippen LogP contribution in [0.4, 0.5) is 5.69 Å². The summed E-state index contributed by atoms with van der Waals surface area (Å²) in [6.45, 7) is 4.57. The Kier molecular flexibility index (Phi) is 8.71. The summed E-state index contributed by atoms with van der Waals surface area (Å²) in [5.41, 5.74) is 8.10. The van der Waals surface area contributed by atoms with Crippen LogP contribution in [-0.2, 0) is 11.3 Å². The minimum Gasteiger partial charge on any atom is -0.371 e. The lowest BCUT2D eigenvalue weighted by atomic mass is 10.1. The van der Waals surface area contributed by atoms with Gasteiger partial charge in [-0.1, -0.05) is 18.2 Å². The normalized spacial score (nSPS) is 14.9. The molecule has 0 bridgehead atoms. The molecule has 2 rings (SSSR count). The maximum absolute atomic E-state index is 11.9. The van der Waals surface area contributed by atoms with Crippen molar-refractivity contribution in [2.24, 2.45) is 5.73 Å². The first-order valence-electron chi connectivity index (χ1n) is 6.93. The zero-order valence-corrected chi connectivity index (χ0v) is 14.3. The standard InChI is InChI=1S/C15H23N3O.2ClH/c1-12(16)15(19)17(2)11-13-7-3-4-8-14(13)18-9-5-6-10-18;;/h3-4,7-8,12H,5-6,9-11,16H2,1-2H3;2*1H/t12-;;/m1../s1. The highest BCUT2D eigenvalue weighted by atomic mass is 35.5. The number of benzene rings is 1. The van der Waals surface area contributed by atoms with Crippen LogP contribution in [0.5, 0.6) is 0 Å². The monoisotopic (exact) mass is 333 g/mol. The zero-order valence-electron chi connectivity index (χ0n) is 12.6. The first kappa shape index (κ1) is 20.0.